The van der Waals surface area contributed by atoms with Crippen molar-refractivity contribution in [3.05, 3.63) is 35.4 Å². The van der Waals surface area contributed by atoms with Crippen molar-refractivity contribution in [1.29, 1.82) is 0 Å². The minimum absolute atomic E-state index is 0.0788. The first-order chi connectivity index (χ1) is 14.4. The second kappa shape index (κ2) is 8.45. The molecule has 2 N–H and O–H groups in total. The first-order valence-corrected chi connectivity index (χ1v) is 10.6. The van der Waals surface area contributed by atoms with E-state index in [4.69, 9.17) is 5.11 Å². The molecule has 0 aromatic heterocycles. The Kier molecular flexibility index (Phi) is 5.74. The number of imide groups is 1. The zero-order valence-corrected chi connectivity index (χ0v) is 16.9. The number of rotatable bonds is 6. The minimum Gasteiger partial charge on any atom is -0.481 e. The van der Waals surface area contributed by atoms with Gasteiger partial charge in [-0.3, -0.25) is 19.3 Å². The van der Waals surface area contributed by atoms with Crippen LogP contribution in [0.3, 0.4) is 0 Å². The fourth-order valence-corrected chi connectivity index (χ4v) is 4.75. The van der Waals surface area contributed by atoms with Gasteiger partial charge in [-0.25, -0.2) is 4.79 Å². The van der Waals surface area contributed by atoms with Gasteiger partial charge in [0.05, 0.1) is 5.92 Å². The number of urea groups is 1. The van der Waals surface area contributed by atoms with Crippen LogP contribution in [0.15, 0.2) is 24.3 Å². The molecular weight excluding hydrogens is 386 g/mol. The summed E-state index contributed by atoms with van der Waals surface area (Å²) in [6.45, 7) is 1.02. The molecule has 1 aromatic rings. The lowest BCUT2D eigenvalue weighted by atomic mass is 9.82. The molecule has 0 bridgehead atoms. The Bertz CT molecular complexity index is 819. The summed E-state index contributed by atoms with van der Waals surface area (Å²) in [7, 11) is 0. The number of carbonyl (C=O) groups excluding carboxylic acids is 3. The topological polar surface area (TPSA) is 107 Å². The van der Waals surface area contributed by atoms with E-state index in [1.165, 1.54) is 4.90 Å². The molecule has 0 spiro atoms. The van der Waals surface area contributed by atoms with Crippen LogP contribution < -0.4 is 5.32 Å². The largest absolute Gasteiger partial charge is 0.481 e. The van der Waals surface area contributed by atoms with E-state index in [0.717, 1.165) is 24.0 Å². The van der Waals surface area contributed by atoms with Crippen LogP contribution in [0.1, 0.15) is 43.2 Å². The van der Waals surface area contributed by atoms with Gasteiger partial charge in [0.15, 0.2) is 0 Å². The highest BCUT2D eigenvalue weighted by molar-refractivity contribution is 6.04. The summed E-state index contributed by atoms with van der Waals surface area (Å²) in [5.74, 6) is -1.14. The van der Waals surface area contributed by atoms with Gasteiger partial charge in [-0.1, -0.05) is 24.3 Å². The van der Waals surface area contributed by atoms with Crippen molar-refractivity contribution in [2.75, 3.05) is 13.1 Å². The monoisotopic (exact) mass is 413 g/mol. The van der Waals surface area contributed by atoms with E-state index in [2.05, 4.69) is 5.32 Å². The van der Waals surface area contributed by atoms with Crippen molar-refractivity contribution >= 4 is 23.8 Å². The number of amides is 4. The van der Waals surface area contributed by atoms with Gasteiger partial charge in [-0.05, 0) is 42.7 Å². The standard InChI is InChI=1S/C22H27N3O5/c26-19(23-12-14-5-7-15(8-6-14)21(28)29)9-10-24-20(27)18-11-16-3-1-2-4-17(16)13-25(18)22(24)30/h1-4,14-15,18H,5-13H2,(H,23,26)(H,28,29). The highest BCUT2D eigenvalue weighted by atomic mass is 16.4. The maximum absolute atomic E-state index is 12.7. The molecule has 3 aliphatic rings. The van der Waals surface area contributed by atoms with Gasteiger partial charge in [0.1, 0.15) is 6.04 Å². The maximum atomic E-state index is 12.7. The predicted molar refractivity (Wildman–Crippen MR) is 107 cm³/mol. The maximum Gasteiger partial charge on any atom is 0.327 e. The molecule has 8 heteroatoms. The fourth-order valence-electron chi connectivity index (χ4n) is 4.75. The Hall–Kier alpha value is -2.90. The van der Waals surface area contributed by atoms with Crippen molar-refractivity contribution in [2.45, 2.75) is 51.1 Å². The van der Waals surface area contributed by atoms with Crippen molar-refractivity contribution in [3.63, 3.8) is 0 Å². The van der Waals surface area contributed by atoms with Crippen LogP contribution in [0, 0.1) is 11.8 Å². The summed E-state index contributed by atoms with van der Waals surface area (Å²) < 4.78 is 0. The molecule has 1 aliphatic carbocycles. The number of carbonyl (C=O) groups is 4. The first kappa shape index (κ1) is 20.4. The lowest BCUT2D eigenvalue weighted by Gasteiger charge is -2.28. The molecule has 0 radical (unpaired) electrons. The molecule has 1 saturated heterocycles. The molecular formula is C22H27N3O5. The summed E-state index contributed by atoms with van der Waals surface area (Å²) >= 11 is 0. The average molecular weight is 413 g/mol. The number of aliphatic carboxylic acids is 1. The Morgan fingerprint density at radius 2 is 1.77 bits per heavy atom. The van der Waals surface area contributed by atoms with Crippen molar-refractivity contribution in [2.24, 2.45) is 11.8 Å². The van der Waals surface area contributed by atoms with Crippen LogP contribution in [-0.2, 0) is 27.3 Å². The number of fused-ring (bicyclic) bond motifs is 2. The van der Waals surface area contributed by atoms with Gasteiger partial charge in [0.25, 0.3) is 5.91 Å². The lowest BCUT2D eigenvalue weighted by molar-refractivity contribution is -0.143. The van der Waals surface area contributed by atoms with Crippen molar-refractivity contribution in [1.82, 2.24) is 15.1 Å². The number of nitrogens with zero attached hydrogens (tertiary/aromatic N) is 2. The van der Waals surface area contributed by atoms with Gasteiger partial charge in [0, 0.05) is 32.5 Å². The second-order valence-corrected chi connectivity index (χ2v) is 8.50. The number of carboxylic acids is 1. The molecule has 4 rings (SSSR count). The zero-order valence-electron chi connectivity index (χ0n) is 16.9. The van der Waals surface area contributed by atoms with Gasteiger partial charge in [0.2, 0.25) is 5.91 Å². The third kappa shape index (κ3) is 4.04. The summed E-state index contributed by atoms with van der Waals surface area (Å²) in [5.41, 5.74) is 2.16. The lowest BCUT2D eigenvalue weighted by Crippen LogP contribution is -2.40. The molecule has 2 fully saturated rings. The number of hydrogen-bond acceptors (Lipinski definition) is 4. The smallest absolute Gasteiger partial charge is 0.327 e. The van der Waals surface area contributed by atoms with Gasteiger partial charge >= 0.3 is 12.0 Å². The van der Waals surface area contributed by atoms with E-state index in [9.17, 15) is 19.2 Å². The van der Waals surface area contributed by atoms with E-state index in [1.54, 1.807) is 4.90 Å². The van der Waals surface area contributed by atoms with Crippen LogP contribution in [0.2, 0.25) is 0 Å². The molecule has 1 unspecified atom stereocenters. The van der Waals surface area contributed by atoms with Crippen molar-refractivity contribution in [3.8, 4) is 0 Å². The predicted octanol–water partition coefficient (Wildman–Crippen LogP) is 1.77. The Balaban J connectivity index is 1.24. The zero-order chi connectivity index (χ0) is 21.3. The Morgan fingerprint density at radius 1 is 1.07 bits per heavy atom. The number of benzene rings is 1. The molecule has 1 atom stereocenters. The highest BCUT2D eigenvalue weighted by Crippen LogP contribution is 2.30. The third-order valence-corrected chi connectivity index (χ3v) is 6.62. The summed E-state index contributed by atoms with van der Waals surface area (Å²) in [5, 5.41) is 11.9. The minimum atomic E-state index is -0.739. The summed E-state index contributed by atoms with van der Waals surface area (Å²) in [6, 6.07) is 7.04. The van der Waals surface area contributed by atoms with Gasteiger partial charge in [-0.15, -0.1) is 0 Å². The van der Waals surface area contributed by atoms with Crippen LogP contribution in [0.4, 0.5) is 4.79 Å². The van der Waals surface area contributed by atoms with Gasteiger partial charge in [-0.2, -0.15) is 0 Å². The molecule has 4 amide bonds. The molecule has 30 heavy (non-hydrogen) atoms. The average Bonchev–Trinajstić information content (AvgIpc) is 2.98. The van der Waals surface area contributed by atoms with E-state index in [-0.39, 0.29) is 42.6 Å². The van der Waals surface area contributed by atoms with Crippen LogP contribution in [0.5, 0.6) is 0 Å². The quantitative estimate of drug-likeness (QED) is 0.692. The summed E-state index contributed by atoms with van der Waals surface area (Å²) in [4.78, 5) is 51.5. The Labute approximate surface area is 175 Å². The number of hydrogen-bond donors (Lipinski definition) is 2. The molecule has 1 saturated carbocycles. The van der Waals surface area contributed by atoms with E-state index < -0.39 is 12.0 Å². The van der Waals surface area contributed by atoms with E-state index in [1.807, 2.05) is 24.3 Å². The summed E-state index contributed by atoms with van der Waals surface area (Å²) in [6.07, 6.45) is 3.46. The molecule has 2 heterocycles. The van der Waals surface area contributed by atoms with Crippen molar-refractivity contribution < 1.29 is 24.3 Å². The first-order valence-electron chi connectivity index (χ1n) is 10.6. The van der Waals surface area contributed by atoms with E-state index >= 15 is 0 Å². The second-order valence-electron chi connectivity index (χ2n) is 8.50. The van der Waals surface area contributed by atoms with Crippen LogP contribution in [-0.4, -0.2) is 57.9 Å². The highest BCUT2D eigenvalue weighted by Gasteiger charge is 2.46. The Morgan fingerprint density at radius 3 is 2.47 bits per heavy atom. The molecule has 8 nitrogen and oxygen atoms in total. The van der Waals surface area contributed by atoms with Gasteiger partial charge < -0.3 is 15.3 Å². The number of nitrogens with one attached hydrogen (secondary N) is 1. The molecule has 1 aromatic carbocycles. The normalized spacial score (nSPS) is 25.7. The van der Waals surface area contributed by atoms with E-state index in [0.29, 0.717) is 32.4 Å². The molecule has 2 aliphatic heterocycles. The number of carboxylic acid groups (broad SMARTS) is 1. The fraction of sp³-hybridized carbons (Fsp3) is 0.545. The van der Waals surface area contributed by atoms with Crippen LogP contribution >= 0.6 is 0 Å². The third-order valence-electron chi connectivity index (χ3n) is 6.62. The SMILES string of the molecule is O=C(CCN1C(=O)C2Cc3ccccc3CN2C1=O)NCC1CCC(C(=O)O)CC1. The molecule has 160 valence electrons. The van der Waals surface area contributed by atoms with Crippen LogP contribution in [0.25, 0.3) is 0 Å².